The van der Waals surface area contributed by atoms with Crippen molar-refractivity contribution < 1.29 is 0 Å². The number of nitrogens with zero attached hydrogens (tertiary/aromatic N) is 4. The van der Waals surface area contributed by atoms with Gasteiger partial charge in [-0.2, -0.15) is 0 Å². The number of hydrogen-bond donors (Lipinski definition) is 2. The summed E-state index contributed by atoms with van der Waals surface area (Å²) < 4.78 is 0. The Labute approximate surface area is 131 Å². The predicted octanol–water partition coefficient (Wildman–Crippen LogP) is 0.700. The first kappa shape index (κ1) is 16.5. The summed E-state index contributed by atoms with van der Waals surface area (Å²) in [7, 11) is 4.23. The normalized spacial score (nSPS) is 17.4. The Morgan fingerprint density at radius 3 is 2.52 bits per heavy atom. The molecule has 6 nitrogen and oxygen atoms in total. The molecular formula is C14H25ClN6. The molecule has 0 radical (unpaired) electrons. The average Bonchev–Trinajstić information content (AvgIpc) is 2.48. The van der Waals surface area contributed by atoms with Crippen LogP contribution in [0.15, 0.2) is 12.1 Å². The fourth-order valence-electron chi connectivity index (χ4n) is 2.40. The number of nitrogens with two attached hydrogens (primary N) is 1. The zero-order valence-corrected chi connectivity index (χ0v) is 13.6. The van der Waals surface area contributed by atoms with E-state index in [9.17, 15) is 0 Å². The highest BCUT2D eigenvalue weighted by Gasteiger charge is 2.18. The molecule has 0 atom stereocenters. The van der Waals surface area contributed by atoms with Crippen molar-refractivity contribution >= 4 is 17.4 Å². The number of nitrogen functional groups attached to an aromatic ring is 1. The van der Waals surface area contributed by atoms with Gasteiger partial charge in [0.25, 0.3) is 0 Å². The first-order valence-electron chi connectivity index (χ1n) is 7.30. The minimum Gasteiger partial charge on any atom is -0.308 e. The van der Waals surface area contributed by atoms with E-state index in [1.54, 1.807) is 6.07 Å². The lowest BCUT2D eigenvalue weighted by atomic mass is 10.2. The highest BCUT2D eigenvalue weighted by Crippen LogP contribution is 2.18. The van der Waals surface area contributed by atoms with E-state index in [0.717, 1.165) is 51.5 Å². The largest absolute Gasteiger partial charge is 0.308 e. The van der Waals surface area contributed by atoms with E-state index < -0.39 is 0 Å². The zero-order chi connectivity index (χ0) is 15.2. The van der Waals surface area contributed by atoms with Gasteiger partial charge in [-0.05, 0) is 26.2 Å². The van der Waals surface area contributed by atoms with Crippen LogP contribution < -0.4 is 11.3 Å². The number of hydrazine groups is 1. The van der Waals surface area contributed by atoms with E-state index in [1.165, 1.54) is 0 Å². The van der Waals surface area contributed by atoms with Gasteiger partial charge in [0.15, 0.2) is 0 Å². The van der Waals surface area contributed by atoms with Gasteiger partial charge < -0.3 is 10.3 Å². The molecule has 7 heteroatoms. The summed E-state index contributed by atoms with van der Waals surface area (Å²) in [5.74, 6) is 6.05. The monoisotopic (exact) mass is 312 g/mol. The van der Waals surface area contributed by atoms with Crippen LogP contribution in [0, 0.1) is 0 Å². The summed E-state index contributed by atoms with van der Waals surface area (Å²) in [6, 6.07) is 3.62. The second-order valence-electron chi connectivity index (χ2n) is 5.69. The van der Waals surface area contributed by atoms with Gasteiger partial charge in [0.05, 0.1) is 10.7 Å². The standard InChI is InChI=1S/C14H25ClN6/c1-19(2)5-6-20-7-9-21(10-8-20)11-13-12(15)3-4-14(17-13)18-16/h3-4H,5-11,16H2,1-2H3,(H,17,18). The smallest absolute Gasteiger partial charge is 0.140 e. The van der Waals surface area contributed by atoms with E-state index in [-0.39, 0.29) is 0 Å². The second kappa shape index (κ2) is 7.91. The molecule has 21 heavy (non-hydrogen) atoms. The van der Waals surface area contributed by atoms with Crippen molar-refractivity contribution in [1.82, 2.24) is 19.7 Å². The molecule has 2 heterocycles. The minimum absolute atomic E-state index is 0.652. The van der Waals surface area contributed by atoms with Crippen molar-refractivity contribution in [3.05, 3.63) is 22.8 Å². The maximum absolute atomic E-state index is 6.21. The highest BCUT2D eigenvalue weighted by molar-refractivity contribution is 6.31. The Kier molecular flexibility index (Phi) is 6.20. The van der Waals surface area contributed by atoms with Crippen molar-refractivity contribution in [2.75, 3.05) is 58.8 Å². The summed E-state index contributed by atoms with van der Waals surface area (Å²) in [6.07, 6.45) is 0. The van der Waals surface area contributed by atoms with Gasteiger partial charge in [0, 0.05) is 45.8 Å². The van der Waals surface area contributed by atoms with E-state index >= 15 is 0 Å². The van der Waals surface area contributed by atoms with Crippen LogP contribution in [0.5, 0.6) is 0 Å². The van der Waals surface area contributed by atoms with Crippen LogP contribution >= 0.6 is 11.6 Å². The first-order chi connectivity index (χ1) is 10.1. The lowest BCUT2D eigenvalue weighted by molar-refractivity contribution is 0.119. The molecule has 1 aliphatic rings. The molecule has 1 aromatic rings. The molecule has 0 unspecified atom stereocenters. The molecule has 2 rings (SSSR count). The number of nitrogens with one attached hydrogen (secondary N) is 1. The predicted molar refractivity (Wildman–Crippen MR) is 87.3 cm³/mol. The Morgan fingerprint density at radius 2 is 1.90 bits per heavy atom. The average molecular weight is 313 g/mol. The van der Waals surface area contributed by atoms with E-state index in [1.807, 2.05) is 6.07 Å². The summed E-state index contributed by atoms with van der Waals surface area (Å²) in [4.78, 5) is 11.5. The molecule has 1 aliphatic heterocycles. The summed E-state index contributed by atoms with van der Waals surface area (Å²) in [6.45, 7) is 7.30. The van der Waals surface area contributed by atoms with Crippen molar-refractivity contribution in [2.24, 2.45) is 5.84 Å². The van der Waals surface area contributed by atoms with Crippen LogP contribution in [-0.4, -0.2) is 73.0 Å². The number of hydrogen-bond acceptors (Lipinski definition) is 6. The topological polar surface area (TPSA) is 60.7 Å². The maximum atomic E-state index is 6.21. The third-order valence-corrected chi connectivity index (χ3v) is 4.11. The Morgan fingerprint density at radius 1 is 1.24 bits per heavy atom. The van der Waals surface area contributed by atoms with E-state index in [0.29, 0.717) is 10.8 Å². The van der Waals surface area contributed by atoms with Gasteiger partial charge in [-0.1, -0.05) is 11.6 Å². The zero-order valence-electron chi connectivity index (χ0n) is 12.8. The maximum Gasteiger partial charge on any atom is 0.140 e. The van der Waals surface area contributed by atoms with Gasteiger partial charge in [0.1, 0.15) is 5.82 Å². The molecule has 0 saturated carbocycles. The molecule has 0 bridgehead atoms. The number of anilines is 1. The van der Waals surface area contributed by atoms with Gasteiger partial charge in [-0.3, -0.25) is 9.80 Å². The first-order valence-corrected chi connectivity index (χ1v) is 7.68. The number of likely N-dealkylation sites (N-methyl/N-ethyl adjacent to an activating group) is 1. The Hall–Kier alpha value is -0.920. The molecule has 0 aromatic carbocycles. The SMILES string of the molecule is CN(C)CCN1CCN(Cc2nc(NN)ccc2Cl)CC1. The van der Waals surface area contributed by atoms with Crippen LogP contribution in [0.3, 0.4) is 0 Å². The van der Waals surface area contributed by atoms with Crippen molar-refractivity contribution in [3.8, 4) is 0 Å². The Balaban J connectivity index is 1.83. The number of aromatic nitrogens is 1. The van der Waals surface area contributed by atoms with Crippen molar-refractivity contribution in [2.45, 2.75) is 6.54 Å². The van der Waals surface area contributed by atoms with Gasteiger partial charge in [-0.25, -0.2) is 10.8 Å². The molecule has 1 fully saturated rings. The molecule has 0 spiro atoms. The minimum atomic E-state index is 0.652. The lowest BCUT2D eigenvalue weighted by Gasteiger charge is -2.35. The van der Waals surface area contributed by atoms with Crippen molar-refractivity contribution in [1.29, 1.82) is 0 Å². The number of pyridine rings is 1. The molecule has 118 valence electrons. The van der Waals surface area contributed by atoms with Crippen LogP contribution in [0.1, 0.15) is 5.69 Å². The summed E-state index contributed by atoms with van der Waals surface area (Å²) >= 11 is 6.21. The van der Waals surface area contributed by atoms with Crippen LogP contribution in [-0.2, 0) is 6.54 Å². The van der Waals surface area contributed by atoms with Crippen LogP contribution in [0.25, 0.3) is 0 Å². The molecular weight excluding hydrogens is 288 g/mol. The fourth-order valence-corrected chi connectivity index (χ4v) is 2.56. The molecule has 1 saturated heterocycles. The van der Waals surface area contributed by atoms with Crippen molar-refractivity contribution in [3.63, 3.8) is 0 Å². The molecule has 0 amide bonds. The molecule has 0 aliphatic carbocycles. The number of rotatable bonds is 6. The van der Waals surface area contributed by atoms with Gasteiger partial charge in [0.2, 0.25) is 0 Å². The third kappa shape index (κ3) is 5.09. The van der Waals surface area contributed by atoms with Crippen LogP contribution in [0.2, 0.25) is 5.02 Å². The second-order valence-corrected chi connectivity index (χ2v) is 6.10. The lowest BCUT2D eigenvalue weighted by Crippen LogP contribution is -2.47. The van der Waals surface area contributed by atoms with E-state index in [2.05, 4.69) is 39.2 Å². The fraction of sp³-hybridized carbons (Fsp3) is 0.643. The van der Waals surface area contributed by atoms with E-state index in [4.69, 9.17) is 17.4 Å². The van der Waals surface area contributed by atoms with Crippen LogP contribution in [0.4, 0.5) is 5.82 Å². The van der Waals surface area contributed by atoms with Gasteiger partial charge >= 0.3 is 0 Å². The third-order valence-electron chi connectivity index (χ3n) is 3.77. The molecule has 1 aromatic heterocycles. The number of halogens is 1. The summed E-state index contributed by atoms with van der Waals surface area (Å²) in [5.41, 5.74) is 3.45. The number of piperazine rings is 1. The van der Waals surface area contributed by atoms with Gasteiger partial charge in [-0.15, -0.1) is 0 Å². The Bertz CT molecular complexity index is 445. The quantitative estimate of drug-likeness (QED) is 0.596. The highest BCUT2D eigenvalue weighted by atomic mass is 35.5. The molecule has 3 N–H and O–H groups in total. The summed E-state index contributed by atoms with van der Waals surface area (Å²) in [5, 5.41) is 0.698.